The molecule has 0 saturated heterocycles. The highest BCUT2D eigenvalue weighted by molar-refractivity contribution is 7.13. The maximum Gasteiger partial charge on any atom is 0.255 e. The smallest absolute Gasteiger partial charge is 0.255 e. The van der Waals surface area contributed by atoms with Gasteiger partial charge in [0.2, 0.25) is 0 Å². The van der Waals surface area contributed by atoms with Crippen LogP contribution in [-0.4, -0.2) is 22.5 Å². The van der Waals surface area contributed by atoms with Crippen LogP contribution < -0.4 is 11.1 Å². The Morgan fingerprint density at radius 3 is 2.69 bits per heavy atom. The molecule has 8 heteroatoms. The van der Waals surface area contributed by atoms with Crippen molar-refractivity contribution in [3.05, 3.63) is 89.6 Å². The Hall–Kier alpha value is -4.43. The van der Waals surface area contributed by atoms with Gasteiger partial charge in [-0.1, -0.05) is 12.1 Å². The van der Waals surface area contributed by atoms with E-state index < -0.39 is 0 Å². The highest BCUT2D eigenvalue weighted by Crippen LogP contribution is 2.33. The van der Waals surface area contributed by atoms with Crippen LogP contribution in [0.1, 0.15) is 22.5 Å². The average molecular weight is 481 g/mol. The van der Waals surface area contributed by atoms with Crippen molar-refractivity contribution in [2.24, 2.45) is 0 Å². The van der Waals surface area contributed by atoms with Crippen LogP contribution in [0.25, 0.3) is 38.7 Å². The number of aromatic nitrogens is 2. The summed E-state index contributed by atoms with van der Waals surface area (Å²) in [6.45, 7) is 0.614. The molecular formula is C27H20N4O3S. The molecule has 3 aromatic heterocycles. The van der Waals surface area contributed by atoms with E-state index in [-0.39, 0.29) is 5.91 Å². The number of thiophene rings is 1. The largest absolute Gasteiger partial charge is 0.491 e. The van der Waals surface area contributed by atoms with Gasteiger partial charge < -0.3 is 20.2 Å². The molecule has 2 aromatic carbocycles. The van der Waals surface area contributed by atoms with Crippen LogP contribution in [0.3, 0.4) is 0 Å². The van der Waals surface area contributed by atoms with Gasteiger partial charge in [-0.2, -0.15) is 0 Å². The molecule has 1 amide bonds. The van der Waals surface area contributed by atoms with Crippen LogP contribution in [0.4, 0.5) is 11.4 Å². The van der Waals surface area contributed by atoms with Crippen molar-refractivity contribution in [1.29, 1.82) is 0 Å². The lowest BCUT2D eigenvalue weighted by Crippen LogP contribution is -2.13. The van der Waals surface area contributed by atoms with E-state index in [9.17, 15) is 4.79 Å². The van der Waals surface area contributed by atoms with Gasteiger partial charge in [-0.15, -0.1) is 11.3 Å². The van der Waals surface area contributed by atoms with Gasteiger partial charge in [0, 0.05) is 16.9 Å². The number of carbonyl (C=O) groups excluding carboxylic acids is 1. The molecule has 1 aliphatic heterocycles. The monoisotopic (exact) mass is 480 g/mol. The third kappa shape index (κ3) is 4.04. The highest BCUT2D eigenvalue weighted by Gasteiger charge is 2.21. The fourth-order valence-electron chi connectivity index (χ4n) is 3.99. The Labute approximate surface area is 204 Å². The Kier molecular flexibility index (Phi) is 5.27. The number of amides is 1. The van der Waals surface area contributed by atoms with Gasteiger partial charge in [-0.3, -0.25) is 4.79 Å². The molecule has 1 aliphatic rings. The molecule has 0 bridgehead atoms. The molecule has 6 rings (SSSR count). The van der Waals surface area contributed by atoms with E-state index in [0.717, 1.165) is 16.9 Å². The van der Waals surface area contributed by atoms with Crippen LogP contribution in [0.15, 0.2) is 82.8 Å². The van der Waals surface area contributed by atoms with Gasteiger partial charge in [0.05, 0.1) is 35.3 Å². The van der Waals surface area contributed by atoms with Gasteiger partial charge in [-0.25, -0.2) is 9.97 Å². The summed E-state index contributed by atoms with van der Waals surface area (Å²) in [4.78, 5) is 23.8. The third-order valence-corrected chi connectivity index (χ3v) is 6.65. The first-order chi connectivity index (χ1) is 17.2. The second kappa shape index (κ2) is 8.73. The lowest BCUT2D eigenvalue weighted by molar-refractivity contribution is 0.102. The Morgan fingerprint density at radius 1 is 1.00 bits per heavy atom. The molecule has 0 aliphatic carbocycles. The van der Waals surface area contributed by atoms with Crippen molar-refractivity contribution in [2.75, 3.05) is 17.7 Å². The maximum atomic E-state index is 13.1. The number of carbonyl (C=O) groups is 1. The minimum Gasteiger partial charge on any atom is -0.491 e. The number of benzene rings is 2. The first kappa shape index (κ1) is 21.1. The Morgan fingerprint density at radius 2 is 1.91 bits per heavy atom. The predicted octanol–water partition coefficient (Wildman–Crippen LogP) is 6.21. The highest BCUT2D eigenvalue weighted by atomic mass is 32.1. The molecule has 0 radical (unpaired) electrons. The van der Waals surface area contributed by atoms with Crippen LogP contribution >= 0.6 is 11.3 Å². The molecule has 172 valence electrons. The van der Waals surface area contributed by atoms with Crippen LogP contribution in [-0.2, 0) is 4.74 Å². The number of nitrogens with zero attached hydrogens (tertiary/aromatic N) is 2. The summed E-state index contributed by atoms with van der Waals surface area (Å²) in [5.74, 6) is 0.988. The van der Waals surface area contributed by atoms with E-state index in [1.165, 1.54) is 0 Å². The zero-order valence-corrected chi connectivity index (χ0v) is 19.3. The van der Waals surface area contributed by atoms with Gasteiger partial charge in [0.1, 0.15) is 17.1 Å². The quantitative estimate of drug-likeness (QED) is 0.290. The fraction of sp³-hybridized carbons (Fsp3) is 0.0741. The molecule has 0 fully saturated rings. The van der Waals surface area contributed by atoms with Crippen LogP contribution in [0, 0.1) is 0 Å². The van der Waals surface area contributed by atoms with Gasteiger partial charge in [0.15, 0.2) is 5.76 Å². The lowest BCUT2D eigenvalue weighted by Gasteiger charge is -2.12. The van der Waals surface area contributed by atoms with E-state index in [2.05, 4.69) is 5.32 Å². The zero-order chi connectivity index (χ0) is 23.8. The Bertz CT molecular complexity index is 1570. The van der Waals surface area contributed by atoms with Gasteiger partial charge in [0.25, 0.3) is 5.91 Å². The van der Waals surface area contributed by atoms with E-state index >= 15 is 0 Å². The number of nitrogens with one attached hydrogen (secondary N) is 1. The zero-order valence-electron chi connectivity index (χ0n) is 18.5. The Balaban J connectivity index is 1.36. The number of anilines is 2. The minimum absolute atomic E-state index is 0.283. The van der Waals surface area contributed by atoms with Crippen LogP contribution in [0.5, 0.6) is 0 Å². The van der Waals surface area contributed by atoms with E-state index in [1.807, 2.05) is 41.8 Å². The third-order valence-electron chi connectivity index (χ3n) is 5.73. The summed E-state index contributed by atoms with van der Waals surface area (Å²) in [7, 11) is 0. The standard InChI is InChI=1S/C27H20N4O3S/c28-18-9-7-16(24-6-3-13-35-24)14-20(18)31-27(32)17-8-10-19-21(15-17)30-26(23-5-2-12-34-23)25(29-19)22-4-1-11-33-22/h2-10,12-15H,1,11,28H2,(H,31,32). The number of ether oxygens (including phenoxy) is 1. The van der Waals surface area contributed by atoms with E-state index in [1.54, 1.807) is 47.9 Å². The SMILES string of the molecule is Nc1ccc(-c2cccs2)cc1NC(=O)c1ccc2nc(C3=CCCO3)c(-c3ccco3)nc2c1. The summed E-state index contributed by atoms with van der Waals surface area (Å²) < 4.78 is 11.3. The first-order valence-corrected chi connectivity index (χ1v) is 12.0. The van der Waals surface area contributed by atoms with Crippen molar-refractivity contribution >= 4 is 45.4 Å². The van der Waals surface area contributed by atoms with Gasteiger partial charge in [-0.05, 0) is 65.6 Å². The lowest BCUT2D eigenvalue weighted by atomic mass is 10.1. The summed E-state index contributed by atoms with van der Waals surface area (Å²) >= 11 is 1.63. The number of hydrogen-bond donors (Lipinski definition) is 2. The molecule has 7 nitrogen and oxygen atoms in total. The minimum atomic E-state index is -0.283. The molecule has 3 N–H and O–H groups in total. The first-order valence-electron chi connectivity index (χ1n) is 11.1. The second-order valence-electron chi connectivity index (χ2n) is 8.04. The molecule has 4 heterocycles. The molecule has 5 aromatic rings. The number of fused-ring (bicyclic) bond motifs is 1. The van der Waals surface area contributed by atoms with Crippen molar-refractivity contribution in [1.82, 2.24) is 9.97 Å². The number of hydrogen-bond acceptors (Lipinski definition) is 7. The van der Waals surface area contributed by atoms with Crippen LogP contribution in [0.2, 0.25) is 0 Å². The number of furan rings is 1. The van der Waals surface area contributed by atoms with Gasteiger partial charge >= 0.3 is 0 Å². The van der Waals surface area contributed by atoms with Crippen molar-refractivity contribution < 1.29 is 13.9 Å². The van der Waals surface area contributed by atoms with E-state index in [4.69, 9.17) is 24.9 Å². The summed E-state index contributed by atoms with van der Waals surface area (Å²) in [6.07, 6.45) is 4.41. The summed E-state index contributed by atoms with van der Waals surface area (Å²) in [5, 5.41) is 4.95. The van der Waals surface area contributed by atoms with Crippen molar-refractivity contribution in [3.8, 4) is 21.9 Å². The topological polar surface area (TPSA) is 103 Å². The number of rotatable bonds is 5. The predicted molar refractivity (Wildman–Crippen MR) is 138 cm³/mol. The second-order valence-corrected chi connectivity index (χ2v) is 8.99. The molecule has 0 spiro atoms. The fourth-order valence-corrected chi connectivity index (χ4v) is 4.71. The average Bonchev–Trinajstić information content (AvgIpc) is 3.67. The number of nitrogens with two attached hydrogens (primary N) is 1. The molecular weight excluding hydrogens is 460 g/mol. The maximum absolute atomic E-state index is 13.1. The van der Waals surface area contributed by atoms with Crippen molar-refractivity contribution in [2.45, 2.75) is 6.42 Å². The van der Waals surface area contributed by atoms with E-state index in [0.29, 0.717) is 57.5 Å². The summed E-state index contributed by atoms with van der Waals surface area (Å²) in [6, 6.07) is 18.5. The molecule has 0 unspecified atom stereocenters. The molecule has 0 saturated carbocycles. The normalized spacial score (nSPS) is 13.0. The molecule has 35 heavy (non-hydrogen) atoms. The molecule has 0 atom stereocenters. The summed E-state index contributed by atoms with van der Waals surface area (Å²) in [5.41, 5.74) is 11.1. The number of nitrogen functional groups attached to an aromatic ring is 1. The van der Waals surface area contributed by atoms with Crippen molar-refractivity contribution in [3.63, 3.8) is 0 Å².